The molecule has 5 nitrogen and oxygen atoms in total. The Bertz CT molecular complexity index is 820. The van der Waals surface area contributed by atoms with Gasteiger partial charge < -0.3 is 10.1 Å². The maximum absolute atomic E-state index is 12.0. The van der Waals surface area contributed by atoms with E-state index in [1.807, 2.05) is 26.0 Å². The highest BCUT2D eigenvalue weighted by molar-refractivity contribution is 6.32. The van der Waals surface area contributed by atoms with Gasteiger partial charge in [0.2, 0.25) is 0 Å². The standard InChI is InChI=1S/C18H15ClN2O3/c1-11-5-12(2)7-14(6-11)18(23)24-10-17(22)21-15-4-3-13(9-20)16(19)8-15/h3-8H,10H2,1-2H3,(H,21,22). The highest BCUT2D eigenvalue weighted by Crippen LogP contribution is 2.20. The van der Waals surface area contributed by atoms with Gasteiger partial charge in [-0.15, -0.1) is 0 Å². The van der Waals surface area contributed by atoms with Crippen LogP contribution in [0.5, 0.6) is 0 Å². The molecule has 0 bridgehead atoms. The average molecular weight is 343 g/mol. The predicted molar refractivity (Wildman–Crippen MR) is 91.0 cm³/mol. The van der Waals surface area contributed by atoms with Crippen molar-refractivity contribution in [1.82, 2.24) is 0 Å². The maximum Gasteiger partial charge on any atom is 0.338 e. The van der Waals surface area contributed by atoms with E-state index in [1.54, 1.807) is 18.2 Å². The number of aryl methyl sites for hydroxylation is 2. The van der Waals surface area contributed by atoms with Crippen molar-refractivity contribution in [3.05, 3.63) is 63.7 Å². The van der Waals surface area contributed by atoms with Crippen LogP contribution in [0.2, 0.25) is 5.02 Å². The molecular weight excluding hydrogens is 328 g/mol. The molecule has 2 aromatic rings. The Labute approximate surface area is 144 Å². The minimum Gasteiger partial charge on any atom is -0.452 e. The second-order valence-corrected chi connectivity index (χ2v) is 5.71. The van der Waals surface area contributed by atoms with Gasteiger partial charge in [-0.1, -0.05) is 28.8 Å². The van der Waals surface area contributed by atoms with E-state index in [0.29, 0.717) is 16.8 Å². The van der Waals surface area contributed by atoms with Gasteiger partial charge in [0.15, 0.2) is 6.61 Å². The van der Waals surface area contributed by atoms with Crippen LogP contribution in [0.25, 0.3) is 0 Å². The molecule has 0 saturated carbocycles. The van der Waals surface area contributed by atoms with Crippen molar-refractivity contribution in [3.63, 3.8) is 0 Å². The summed E-state index contributed by atoms with van der Waals surface area (Å²) in [6.45, 7) is 3.35. The summed E-state index contributed by atoms with van der Waals surface area (Å²) in [5.74, 6) is -1.05. The van der Waals surface area contributed by atoms with Crippen LogP contribution < -0.4 is 5.32 Å². The summed E-state index contributed by atoms with van der Waals surface area (Å²) in [5.41, 5.74) is 3.03. The zero-order valence-corrected chi connectivity index (χ0v) is 14.0. The SMILES string of the molecule is Cc1cc(C)cc(C(=O)OCC(=O)Nc2ccc(C#N)c(Cl)c2)c1. The molecule has 0 aliphatic heterocycles. The van der Waals surface area contributed by atoms with Crippen LogP contribution in [0.15, 0.2) is 36.4 Å². The van der Waals surface area contributed by atoms with Gasteiger partial charge in [-0.3, -0.25) is 4.79 Å². The van der Waals surface area contributed by atoms with Gasteiger partial charge in [-0.25, -0.2) is 4.79 Å². The Balaban J connectivity index is 1.94. The Morgan fingerprint density at radius 3 is 2.42 bits per heavy atom. The number of carbonyl (C=O) groups excluding carboxylic acids is 2. The number of hydrogen-bond acceptors (Lipinski definition) is 4. The number of carbonyl (C=O) groups is 2. The molecule has 0 radical (unpaired) electrons. The summed E-state index contributed by atoms with van der Waals surface area (Å²) in [6, 6.07) is 11.8. The third kappa shape index (κ3) is 4.58. The zero-order valence-electron chi connectivity index (χ0n) is 13.2. The molecule has 0 atom stereocenters. The Morgan fingerprint density at radius 1 is 1.17 bits per heavy atom. The molecule has 0 heterocycles. The Morgan fingerprint density at radius 2 is 1.83 bits per heavy atom. The van der Waals surface area contributed by atoms with Crippen molar-refractivity contribution < 1.29 is 14.3 Å². The van der Waals surface area contributed by atoms with Crippen molar-refractivity contribution in [2.75, 3.05) is 11.9 Å². The second-order valence-electron chi connectivity index (χ2n) is 5.31. The Kier molecular flexibility index (Phi) is 5.56. The number of esters is 1. The molecule has 1 amide bonds. The zero-order chi connectivity index (χ0) is 17.7. The first-order valence-corrected chi connectivity index (χ1v) is 7.52. The summed E-state index contributed by atoms with van der Waals surface area (Å²) in [4.78, 5) is 23.8. The van der Waals surface area contributed by atoms with Crippen LogP contribution in [0, 0.1) is 25.2 Å². The number of nitrogens with one attached hydrogen (secondary N) is 1. The van der Waals surface area contributed by atoms with E-state index in [0.717, 1.165) is 11.1 Å². The first-order valence-electron chi connectivity index (χ1n) is 7.14. The van der Waals surface area contributed by atoms with Gasteiger partial charge in [-0.2, -0.15) is 5.26 Å². The fourth-order valence-corrected chi connectivity index (χ4v) is 2.41. The topological polar surface area (TPSA) is 79.2 Å². The largest absolute Gasteiger partial charge is 0.452 e. The van der Waals surface area contributed by atoms with Crippen molar-refractivity contribution in [3.8, 4) is 6.07 Å². The third-order valence-electron chi connectivity index (χ3n) is 3.17. The van der Waals surface area contributed by atoms with Gasteiger partial charge in [0, 0.05) is 5.69 Å². The lowest BCUT2D eigenvalue weighted by Gasteiger charge is -2.08. The van der Waals surface area contributed by atoms with Gasteiger partial charge in [0.1, 0.15) is 6.07 Å². The van der Waals surface area contributed by atoms with Crippen molar-refractivity contribution in [1.29, 1.82) is 5.26 Å². The van der Waals surface area contributed by atoms with E-state index < -0.39 is 18.5 Å². The minimum absolute atomic E-state index is 0.238. The van der Waals surface area contributed by atoms with Gasteiger partial charge in [0.25, 0.3) is 5.91 Å². The van der Waals surface area contributed by atoms with Gasteiger partial charge in [0.05, 0.1) is 16.1 Å². The number of halogens is 1. The first kappa shape index (κ1) is 17.5. The van der Waals surface area contributed by atoms with Gasteiger partial charge in [-0.05, 0) is 44.2 Å². The number of nitriles is 1. The van der Waals surface area contributed by atoms with E-state index in [9.17, 15) is 9.59 Å². The molecule has 24 heavy (non-hydrogen) atoms. The number of rotatable bonds is 4. The van der Waals surface area contributed by atoms with Crippen molar-refractivity contribution in [2.45, 2.75) is 13.8 Å². The maximum atomic E-state index is 12.0. The minimum atomic E-state index is -0.560. The number of amides is 1. The molecule has 0 spiro atoms. The van der Waals surface area contributed by atoms with Crippen LogP contribution in [0.3, 0.4) is 0 Å². The molecule has 6 heteroatoms. The van der Waals surface area contributed by atoms with Crippen LogP contribution in [-0.4, -0.2) is 18.5 Å². The molecule has 0 fully saturated rings. The molecule has 0 aromatic heterocycles. The number of ether oxygens (including phenoxy) is 1. The predicted octanol–water partition coefficient (Wildman–Crippen LogP) is 3.62. The average Bonchev–Trinajstić information content (AvgIpc) is 2.52. The first-order chi connectivity index (χ1) is 11.4. The van der Waals surface area contributed by atoms with Crippen LogP contribution in [-0.2, 0) is 9.53 Å². The van der Waals surface area contributed by atoms with E-state index in [4.69, 9.17) is 21.6 Å². The molecule has 1 N–H and O–H groups in total. The summed E-state index contributed by atoms with van der Waals surface area (Å²) in [7, 11) is 0. The second kappa shape index (κ2) is 7.62. The van der Waals surface area contributed by atoms with Crippen LogP contribution in [0.4, 0.5) is 5.69 Å². The fourth-order valence-electron chi connectivity index (χ4n) is 2.19. The molecule has 2 aromatic carbocycles. The number of nitrogens with zero attached hydrogens (tertiary/aromatic N) is 1. The lowest BCUT2D eigenvalue weighted by atomic mass is 10.1. The molecule has 0 aliphatic carbocycles. The van der Waals surface area contributed by atoms with E-state index in [1.165, 1.54) is 12.1 Å². The monoisotopic (exact) mass is 342 g/mol. The Hall–Kier alpha value is -2.84. The summed E-state index contributed by atoms with van der Waals surface area (Å²) in [5, 5.41) is 11.6. The fraction of sp³-hybridized carbons (Fsp3) is 0.167. The van der Waals surface area contributed by atoms with Gasteiger partial charge >= 0.3 is 5.97 Å². The van der Waals surface area contributed by atoms with E-state index >= 15 is 0 Å². The highest BCUT2D eigenvalue weighted by Gasteiger charge is 2.12. The number of benzene rings is 2. The van der Waals surface area contributed by atoms with Crippen LogP contribution in [0.1, 0.15) is 27.0 Å². The highest BCUT2D eigenvalue weighted by atomic mass is 35.5. The molecule has 0 aliphatic rings. The molecular formula is C18H15ClN2O3. The summed E-state index contributed by atoms with van der Waals surface area (Å²) >= 11 is 5.89. The quantitative estimate of drug-likeness (QED) is 0.860. The number of hydrogen-bond donors (Lipinski definition) is 1. The lowest BCUT2D eigenvalue weighted by molar-refractivity contribution is -0.119. The molecule has 2 rings (SSSR count). The summed E-state index contributed by atoms with van der Waals surface area (Å²) in [6.07, 6.45) is 0. The van der Waals surface area contributed by atoms with Crippen molar-refractivity contribution >= 4 is 29.2 Å². The van der Waals surface area contributed by atoms with Crippen LogP contribution >= 0.6 is 11.6 Å². The summed E-state index contributed by atoms with van der Waals surface area (Å²) < 4.78 is 5.01. The third-order valence-corrected chi connectivity index (χ3v) is 3.48. The van der Waals surface area contributed by atoms with Crippen molar-refractivity contribution in [2.24, 2.45) is 0 Å². The molecule has 0 saturated heterocycles. The van der Waals surface area contributed by atoms with E-state index in [-0.39, 0.29) is 5.02 Å². The van der Waals surface area contributed by atoms with E-state index in [2.05, 4.69) is 5.32 Å². The smallest absolute Gasteiger partial charge is 0.338 e. The molecule has 122 valence electrons. The number of anilines is 1. The molecule has 0 unspecified atom stereocenters. The normalized spacial score (nSPS) is 9.92. The lowest BCUT2D eigenvalue weighted by Crippen LogP contribution is -2.21.